The zero-order chi connectivity index (χ0) is 10.4. The summed E-state index contributed by atoms with van der Waals surface area (Å²) in [7, 11) is 0. The summed E-state index contributed by atoms with van der Waals surface area (Å²) in [4.78, 5) is 0. The molecule has 2 nitrogen and oxygen atoms in total. The number of nitrogens with one attached hydrogen (secondary N) is 1. The zero-order valence-electron chi connectivity index (χ0n) is 9.63. The predicted molar refractivity (Wildman–Crippen MR) is 60.3 cm³/mol. The van der Waals surface area contributed by atoms with Crippen LogP contribution in [-0.2, 0) is 0 Å². The number of hydrogen-bond donors (Lipinski definition) is 2. The summed E-state index contributed by atoms with van der Waals surface area (Å²) in [6, 6.07) is 0.590. The molecular weight excluding hydrogens is 174 g/mol. The fourth-order valence-electron chi connectivity index (χ4n) is 2.32. The van der Waals surface area contributed by atoms with Crippen molar-refractivity contribution in [3.05, 3.63) is 0 Å². The van der Waals surface area contributed by atoms with Crippen molar-refractivity contribution in [1.82, 2.24) is 5.32 Å². The van der Waals surface area contributed by atoms with Crippen LogP contribution < -0.4 is 5.32 Å². The fraction of sp³-hybridized carbons (Fsp3) is 1.00. The van der Waals surface area contributed by atoms with Gasteiger partial charge in [0.2, 0.25) is 0 Å². The van der Waals surface area contributed by atoms with E-state index in [-0.39, 0.29) is 0 Å². The van der Waals surface area contributed by atoms with Crippen LogP contribution in [0.15, 0.2) is 0 Å². The molecule has 0 amide bonds. The minimum atomic E-state index is 0.363. The van der Waals surface area contributed by atoms with Crippen molar-refractivity contribution in [3.8, 4) is 0 Å². The van der Waals surface area contributed by atoms with Crippen LogP contribution >= 0.6 is 0 Å². The highest BCUT2D eigenvalue weighted by atomic mass is 16.3. The molecule has 0 aromatic rings. The molecule has 1 aliphatic rings. The largest absolute Gasteiger partial charge is 0.396 e. The molecule has 84 valence electrons. The summed E-state index contributed by atoms with van der Waals surface area (Å²) in [6.07, 6.45) is 6.33. The van der Waals surface area contributed by atoms with E-state index >= 15 is 0 Å². The Morgan fingerprint density at radius 3 is 2.79 bits per heavy atom. The molecule has 1 fully saturated rings. The van der Waals surface area contributed by atoms with Gasteiger partial charge in [0.15, 0.2) is 0 Å². The summed E-state index contributed by atoms with van der Waals surface area (Å²) in [5, 5.41) is 12.7. The Labute approximate surface area is 88.1 Å². The van der Waals surface area contributed by atoms with Gasteiger partial charge in [-0.2, -0.15) is 0 Å². The van der Waals surface area contributed by atoms with E-state index in [1.165, 1.54) is 32.1 Å². The van der Waals surface area contributed by atoms with Gasteiger partial charge in [-0.15, -0.1) is 0 Å². The monoisotopic (exact) mass is 199 g/mol. The molecule has 0 radical (unpaired) electrons. The maximum atomic E-state index is 9.14. The first-order chi connectivity index (χ1) is 6.74. The Balaban J connectivity index is 2.05. The molecule has 1 aliphatic carbocycles. The lowest BCUT2D eigenvalue weighted by Crippen LogP contribution is -2.34. The normalized spacial score (nSPS) is 27.4. The molecule has 1 rings (SSSR count). The molecule has 0 saturated heterocycles. The fourth-order valence-corrected chi connectivity index (χ4v) is 2.32. The molecule has 0 aromatic carbocycles. The van der Waals surface area contributed by atoms with Gasteiger partial charge in [-0.25, -0.2) is 0 Å². The topological polar surface area (TPSA) is 32.3 Å². The molecule has 0 aromatic heterocycles. The highest BCUT2D eigenvalue weighted by Crippen LogP contribution is 2.24. The van der Waals surface area contributed by atoms with E-state index in [1.807, 2.05) is 0 Å². The first kappa shape index (κ1) is 12.0. The molecular formula is C12H25NO. The SMILES string of the molecule is CC(C)CCCNC1CCCC1CO. The van der Waals surface area contributed by atoms with Crippen LogP contribution in [-0.4, -0.2) is 24.3 Å². The van der Waals surface area contributed by atoms with Gasteiger partial charge in [-0.1, -0.05) is 20.3 Å². The van der Waals surface area contributed by atoms with Crippen LogP contribution in [0, 0.1) is 11.8 Å². The maximum Gasteiger partial charge on any atom is 0.0474 e. The van der Waals surface area contributed by atoms with Gasteiger partial charge >= 0.3 is 0 Å². The molecule has 14 heavy (non-hydrogen) atoms. The standard InChI is InChI=1S/C12H25NO/c1-10(2)5-4-8-13-12-7-3-6-11(12)9-14/h10-14H,3-9H2,1-2H3. The van der Waals surface area contributed by atoms with E-state index in [0.29, 0.717) is 18.6 Å². The Morgan fingerprint density at radius 1 is 1.36 bits per heavy atom. The van der Waals surface area contributed by atoms with Crippen molar-refractivity contribution < 1.29 is 5.11 Å². The van der Waals surface area contributed by atoms with Gasteiger partial charge in [0.25, 0.3) is 0 Å². The van der Waals surface area contributed by atoms with Gasteiger partial charge in [-0.3, -0.25) is 0 Å². The van der Waals surface area contributed by atoms with E-state index in [0.717, 1.165) is 12.5 Å². The Morgan fingerprint density at radius 2 is 2.14 bits per heavy atom. The molecule has 2 N–H and O–H groups in total. The summed E-state index contributed by atoms with van der Waals surface area (Å²) < 4.78 is 0. The number of aliphatic hydroxyl groups excluding tert-OH is 1. The third-order valence-electron chi connectivity index (χ3n) is 3.26. The van der Waals surface area contributed by atoms with Crippen molar-refractivity contribution in [1.29, 1.82) is 0 Å². The second-order valence-electron chi connectivity index (χ2n) is 4.97. The highest BCUT2D eigenvalue weighted by molar-refractivity contribution is 4.82. The minimum absolute atomic E-state index is 0.363. The molecule has 0 spiro atoms. The zero-order valence-corrected chi connectivity index (χ0v) is 9.63. The van der Waals surface area contributed by atoms with Crippen molar-refractivity contribution >= 4 is 0 Å². The van der Waals surface area contributed by atoms with Crippen LogP contribution in [0.3, 0.4) is 0 Å². The van der Waals surface area contributed by atoms with E-state index in [1.54, 1.807) is 0 Å². The lowest BCUT2D eigenvalue weighted by molar-refractivity contribution is 0.205. The van der Waals surface area contributed by atoms with Crippen molar-refractivity contribution in [2.45, 2.75) is 52.0 Å². The van der Waals surface area contributed by atoms with E-state index in [4.69, 9.17) is 5.11 Å². The highest BCUT2D eigenvalue weighted by Gasteiger charge is 2.25. The van der Waals surface area contributed by atoms with E-state index < -0.39 is 0 Å². The van der Waals surface area contributed by atoms with Crippen molar-refractivity contribution in [3.63, 3.8) is 0 Å². The summed E-state index contributed by atoms with van der Waals surface area (Å²) >= 11 is 0. The van der Waals surface area contributed by atoms with E-state index in [2.05, 4.69) is 19.2 Å². The van der Waals surface area contributed by atoms with Crippen LogP contribution in [0.5, 0.6) is 0 Å². The quantitative estimate of drug-likeness (QED) is 0.643. The summed E-state index contributed by atoms with van der Waals surface area (Å²) in [5.41, 5.74) is 0. The maximum absolute atomic E-state index is 9.14. The second kappa shape index (κ2) is 6.41. The van der Waals surface area contributed by atoms with Gasteiger partial charge < -0.3 is 10.4 Å². The predicted octanol–water partition coefficient (Wildman–Crippen LogP) is 2.17. The Bertz CT molecular complexity index is 147. The first-order valence-corrected chi connectivity index (χ1v) is 6.08. The van der Waals surface area contributed by atoms with Gasteiger partial charge in [0, 0.05) is 12.6 Å². The average molecular weight is 199 g/mol. The Hall–Kier alpha value is -0.0800. The molecule has 1 saturated carbocycles. The van der Waals surface area contributed by atoms with Gasteiger partial charge in [0.05, 0.1) is 0 Å². The lowest BCUT2D eigenvalue weighted by atomic mass is 10.0. The van der Waals surface area contributed by atoms with Gasteiger partial charge in [0.1, 0.15) is 0 Å². The first-order valence-electron chi connectivity index (χ1n) is 6.08. The van der Waals surface area contributed by atoms with Crippen molar-refractivity contribution in [2.24, 2.45) is 11.8 Å². The van der Waals surface area contributed by atoms with E-state index in [9.17, 15) is 0 Å². The molecule has 2 heteroatoms. The number of hydrogen-bond acceptors (Lipinski definition) is 2. The number of rotatable bonds is 6. The molecule has 2 atom stereocenters. The molecule has 0 heterocycles. The summed E-state index contributed by atoms with van der Waals surface area (Å²) in [5.74, 6) is 1.34. The lowest BCUT2D eigenvalue weighted by Gasteiger charge is -2.19. The van der Waals surface area contributed by atoms with Gasteiger partial charge in [-0.05, 0) is 44.1 Å². The molecule has 2 unspecified atom stereocenters. The smallest absolute Gasteiger partial charge is 0.0474 e. The molecule has 0 aliphatic heterocycles. The van der Waals surface area contributed by atoms with Crippen LogP contribution in [0.1, 0.15) is 46.0 Å². The van der Waals surface area contributed by atoms with Crippen LogP contribution in [0.4, 0.5) is 0 Å². The second-order valence-corrected chi connectivity index (χ2v) is 4.97. The third-order valence-corrected chi connectivity index (χ3v) is 3.26. The van der Waals surface area contributed by atoms with Crippen molar-refractivity contribution in [2.75, 3.05) is 13.2 Å². The average Bonchev–Trinajstić information content (AvgIpc) is 2.59. The third kappa shape index (κ3) is 3.97. The number of aliphatic hydroxyl groups is 1. The van der Waals surface area contributed by atoms with Crippen LogP contribution in [0.25, 0.3) is 0 Å². The minimum Gasteiger partial charge on any atom is -0.396 e. The summed E-state index contributed by atoms with van der Waals surface area (Å²) in [6.45, 7) is 6.03. The Kier molecular flexibility index (Phi) is 5.49. The molecule has 0 bridgehead atoms. The van der Waals surface area contributed by atoms with Crippen LogP contribution in [0.2, 0.25) is 0 Å².